The number of carboxylic acids is 1. The van der Waals surface area contributed by atoms with Gasteiger partial charge in [-0.1, -0.05) is 13.8 Å². The van der Waals surface area contributed by atoms with E-state index >= 15 is 0 Å². The summed E-state index contributed by atoms with van der Waals surface area (Å²) in [4.78, 5) is 17.6. The lowest BCUT2D eigenvalue weighted by atomic mass is 10.1. The summed E-state index contributed by atoms with van der Waals surface area (Å²) < 4.78 is 5.01. The summed E-state index contributed by atoms with van der Waals surface area (Å²) in [7, 11) is 3.58. The first-order valence-electron chi connectivity index (χ1n) is 6.41. The van der Waals surface area contributed by atoms with E-state index < -0.39 is 5.97 Å². The highest BCUT2D eigenvalue weighted by Gasteiger charge is 2.13. The summed E-state index contributed by atoms with van der Waals surface area (Å²) in [5.41, 5.74) is 1.08. The molecule has 0 fully saturated rings. The molecular weight excluding hydrogens is 244 g/mol. The zero-order valence-corrected chi connectivity index (χ0v) is 12.0. The van der Waals surface area contributed by atoms with Gasteiger partial charge in [-0.25, -0.2) is 9.78 Å². The van der Waals surface area contributed by atoms with Crippen molar-refractivity contribution in [2.75, 3.05) is 32.2 Å². The van der Waals surface area contributed by atoms with Crippen LogP contribution in [0.1, 0.15) is 42.2 Å². The van der Waals surface area contributed by atoms with Crippen LogP contribution in [0.4, 0.5) is 5.82 Å². The molecule has 0 atom stereocenters. The Morgan fingerprint density at radius 2 is 2.16 bits per heavy atom. The van der Waals surface area contributed by atoms with E-state index in [1.165, 1.54) is 0 Å². The fourth-order valence-corrected chi connectivity index (χ4v) is 1.71. The Hall–Kier alpha value is -1.62. The van der Waals surface area contributed by atoms with E-state index in [2.05, 4.69) is 4.98 Å². The second kappa shape index (κ2) is 7.09. The maximum absolute atomic E-state index is 11.1. The van der Waals surface area contributed by atoms with Gasteiger partial charge in [0.15, 0.2) is 0 Å². The quantitative estimate of drug-likeness (QED) is 0.768. The lowest BCUT2D eigenvalue weighted by Gasteiger charge is -2.20. The number of hydrogen-bond acceptors (Lipinski definition) is 4. The molecule has 1 rings (SSSR count). The summed E-state index contributed by atoms with van der Waals surface area (Å²) in [6.45, 7) is 5.47. The molecule has 0 bridgehead atoms. The number of ether oxygens (including phenoxy) is 1. The van der Waals surface area contributed by atoms with Crippen molar-refractivity contribution < 1.29 is 14.6 Å². The van der Waals surface area contributed by atoms with Crippen molar-refractivity contribution in [2.45, 2.75) is 26.2 Å². The van der Waals surface area contributed by atoms with Crippen LogP contribution < -0.4 is 4.90 Å². The number of aromatic nitrogens is 1. The number of nitrogens with zero attached hydrogens (tertiary/aromatic N) is 2. The minimum atomic E-state index is -0.921. The van der Waals surface area contributed by atoms with Crippen LogP contribution in [0.3, 0.4) is 0 Å². The van der Waals surface area contributed by atoms with Gasteiger partial charge in [0, 0.05) is 33.0 Å². The minimum Gasteiger partial charge on any atom is -0.478 e. The molecule has 1 aromatic heterocycles. The third kappa shape index (κ3) is 4.52. The van der Waals surface area contributed by atoms with Crippen LogP contribution in [0, 0.1) is 0 Å². The minimum absolute atomic E-state index is 0.199. The number of rotatable bonds is 7. The van der Waals surface area contributed by atoms with Gasteiger partial charge in [0.2, 0.25) is 0 Å². The Labute approximate surface area is 114 Å². The van der Waals surface area contributed by atoms with E-state index in [4.69, 9.17) is 9.84 Å². The van der Waals surface area contributed by atoms with Crippen LogP contribution in [0.2, 0.25) is 0 Å². The van der Waals surface area contributed by atoms with E-state index in [1.54, 1.807) is 19.2 Å². The largest absolute Gasteiger partial charge is 0.478 e. The molecule has 1 aromatic rings. The molecule has 0 amide bonds. The highest BCUT2D eigenvalue weighted by molar-refractivity contribution is 5.88. The highest BCUT2D eigenvalue weighted by Crippen LogP contribution is 2.19. The van der Waals surface area contributed by atoms with Gasteiger partial charge in [0.25, 0.3) is 0 Å². The smallest absolute Gasteiger partial charge is 0.335 e. The molecular formula is C14H22N2O3. The number of anilines is 1. The molecule has 19 heavy (non-hydrogen) atoms. The molecule has 0 saturated heterocycles. The lowest BCUT2D eigenvalue weighted by Crippen LogP contribution is -2.22. The standard InChI is InChI=1S/C14H22N2O3/c1-10(2)12-8-11(14(17)18)9-13(15-12)16(3)6-5-7-19-4/h8-10H,5-7H2,1-4H3,(H,17,18). The Kier molecular flexibility index (Phi) is 5.76. The number of methoxy groups -OCH3 is 1. The summed E-state index contributed by atoms with van der Waals surface area (Å²) >= 11 is 0. The SMILES string of the molecule is COCCCN(C)c1cc(C(=O)O)cc(C(C)C)n1. The molecule has 0 aromatic carbocycles. The van der Waals surface area contributed by atoms with Crippen molar-refractivity contribution in [1.82, 2.24) is 4.98 Å². The maximum Gasteiger partial charge on any atom is 0.335 e. The summed E-state index contributed by atoms with van der Waals surface area (Å²) in [5.74, 6) is -0.0269. The molecule has 5 nitrogen and oxygen atoms in total. The second-order valence-corrected chi connectivity index (χ2v) is 4.87. The first-order valence-corrected chi connectivity index (χ1v) is 6.41. The molecule has 0 aliphatic rings. The number of aromatic carboxylic acids is 1. The van der Waals surface area contributed by atoms with Crippen LogP contribution in [-0.2, 0) is 4.74 Å². The van der Waals surface area contributed by atoms with Gasteiger partial charge in [0.05, 0.1) is 5.56 Å². The van der Waals surface area contributed by atoms with E-state index in [9.17, 15) is 4.79 Å². The predicted octanol–water partition coefficient (Wildman–Crippen LogP) is 2.38. The van der Waals surface area contributed by atoms with Crippen LogP contribution in [0.15, 0.2) is 12.1 Å². The fraction of sp³-hybridized carbons (Fsp3) is 0.571. The normalized spacial score (nSPS) is 10.8. The second-order valence-electron chi connectivity index (χ2n) is 4.87. The van der Waals surface area contributed by atoms with Gasteiger partial charge < -0.3 is 14.7 Å². The topological polar surface area (TPSA) is 62.7 Å². The molecule has 106 valence electrons. The van der Waals surface area contributed by atoms with Crippen LogP contribution in [0.25, 0.3) is 0 Å². The van der Waals surface area contributed by atoms with Gasteiger partial charge >= 0.3 is 5.97 Å². The molecule has 0 unspecified atom stereocenters. The maximum atomic E-state index is 11.1. The molecule has 5 heteroatoms. The van der Waals surface area contributed by atoms with Crippen molar-refractivity contribution in [3.05, 3.63) is 23.4 Å². The Bertz CT molecular complexity index is 433. The van der Waals surface area contributed by atoms with E-state index in [0.717, 1.165) is 18.7 Å². The molecule has 0 radical (unpaired) electrons. The van der Waals surface area contributed by atoms with Gasteiger partial charge in [-0.15, -0.1) is 0 Å². The van der Waals surface area contributed by atoms with Crippen molar-refractivity contribution in [3.63, 3.8) is 0 Å². The van der Waals surface area contributed by atoms with Crippen LogP contribution in [0.5, 0.6) is 0 Å². The Morgan fingerprint density at radius 3 is 2.68 bits per heavy atom. The van der Waals surface area contributed by atoms with Gasteiger partial charge in [-0.05, 0) is 24.5 Å². The first kappa shape index (κ1) is 15.4. The molecule has 1 heterocycles. The van der Waals surface area contributed by atoms with E-state index in [-0.39, 0.29) is 11.5 Å². The van der Waals surface area contributed by atoms with Gasteiger partial charge in [0.1, 0.15) is 5.82 Å². The van der Waals surface area contributed by atoms with Crippen LogP contribution in [-0.4, -0.2) is 43.4 Å². The van der Waals surface area contributed by atoms with E-state index in [0.29, 0.717) is 12.4 Å². The number of carbonyl (C=O) groups is 1. The van der Waals surface area contributed by atoms with Crippen molar-refractivity contribution in [1.29, 1.82) is 0 Å². The zero-order chi connectivity index (χ0) is 14.4. The number of hydrogen-bond donors (Lipinski definition) is 1. The van der Waals surface area contributed by atoms with Crippen molar-refractivity contribution in [3.8, 4) is 0 Å². The van der Waals surface area contributed by atoms with Gasteiger partial charge in [-0.2, -0.15) is 0 Å². The summed E-state index contributed by atoms with van der Waals surface area (Å²) in [6.07, 6.45) is 0.878. The third-order valence-corrected chi connectivity index (χ3v) is 2.90. The Morgan fingerprint density at radius 1 is 1.47 bits per heavy atom. The average molecular weight is 266 g/mol. The molecule has 1 N–H and O–H groups in total. The summed E-state index contributed by atoms with van der Waals surface area (Å²) in [5, 5.41) is 9.15. The molecule has 0 aliphatic heterocycles. The Balaban J connectivity index is 2.95. The lowest BCUT2D eigenvalue weighted by molar-refractivity contribution is 0.0696. The summed E-state index contributed by atoms with van der Waals surface area (Å²) in [6, 6.07) is 3.25. The van der Waals surface area contributed by atoms with Gasteiger partial charge in [-0.3, -0.25) is 0 Å². The zero-order valence-electron chi connectivity index (χ0n) is 12.0. The number of carboxylic acid groups (broad SMARTS) is 1. The predicted molar refractivity (Wildman–Crippen MR) is 75.0 cm³/mol. The monoisotopic (exact) mass is 266 g/mol. The molecule has 0 saturated carbocycles. The number of pyridine rings is 1. The van der Waals surface area contributed by atoms with E-state index in [1.807, 2.05) is 25.8 Å². The molecule has 0 spiro atoms. The highest BCUT2D eigenvalue weighted by atomic mass is 16.5. The third-order valence-electron chi connectivity index (χ3n) is 2.90. The van der Waals surface area contributed by atoms with Crippen molar-refractivity contribution >= 4 is 11.8 Å². The van der Waals surface area contributed by atoms with Crippen molar-refractivity contribution in [2.24, 2.45) is 0 Å². The first-order chi connectivity index (χ1) is 8.95. The average Bonchev–Trinajstić information content (AvgIpc) is 2.38. The fourth-order valence-electron chi connectivity index (χ4n) is 1.71. The molecule has 0 aliphatic carbocycles. The van der Waals surface area contributed by atoms with Crippen LogP contribution >= 0.6 is 0 Å².